The van der Waals surface area contributed by atoms with Crippen LogP contribution in [0.15, 0.2) is 23.1 Å². The summed E-state index contributed by atoms with van der Waals surface area (Å²) in [5.41, 5.74) is 0.561. The van der Waals surface area contributed by atoms with E-state index in [1.54, 1.807) is 18.6 Å². The Morgan fingerprint density at radius 2 is 2.33 bits per heavy atom. The number of piperidine rings is 1. The summed E-state index contributed by atoms with van der Waals surface area (Å²) in [5, 5.41) is 7.36. The summed E-state index contributed by atoms with van der Waals surface area (Å²) >= 11 is 0. The quantitative estimate of drug-likeness (QED) is 0.855. The van der Waals surface area contributed by atoms with Gasteiger partial charge in [-0.3, -0.25) is 4.98 Å². The van der Waals surface area contributed by atoms with Gasteiger partial charge in [0.15, 0.2) is 0 Å². The van der Waals surface area contributed by atoms with Crippen LogP contribution in [0.4, 0.5) is 0 Å². The first-order valence-corrected chi connectivity index (χ1v) is 6.09. The molecule has 1 aliphatic heterocycles. The van der Waals surface area contributed by atoms with Gasteiger partial charge in [-0.1, -0.05) is 5.16 Å². The van der Waals surface area contributed by atoms with E-state index in [2.05, 4.69) is 32.3 Å². The zero-order chi connectivity index (χ0) is 12.4. The van der Waals surface area contributed by atoms with Gasteiger partial charge in [0.05, 0.1) is 11.6 Å². The van der Waals surface area contributed by atoms with Crippen molar-refractivity contribution >= 4 is 0 Å². The smallest absolute Gasteiger partial charge is 0.234 e. The average Bonchev–Trinajstić information content (AvgIpc) is 2.91. The van der Waals surface area contributed by atoms with E-state index in [9.17, 15) is 0 Å². The number of hydrogen-bond donors (Lipinski definition) is 1. The van der Waals surface area contributed by atoms with Crippen LogP contribution in [0.1, 0.15) is 25.7 Å². The third-order valence-corrected chi connectivity index (χ3v) is 3.33. The molecule has 0 aliphatic carbocycles. The standard InChI is InChI=1S/C12H15N5O/c1-12(3-2-4-14-8-12)11-16-10(17-18-11)9-7-13-5-6-15-9/h5-7,14H,2-4,8H2,1H3. The second-order valence-electron chi connectivity index (χ2n) is 4.85. The van der Waals surface area contributed by atoms with Gasteiger partial charge in [-0.25, -0.2) is 4.98 Å². The Hall–Kier alpha value is -1.82. The molecule has 1 saturated heterocycles. The first kappa shape index (κ1) is 11.3. The fourth-order valence-corrected chi connectivity index (χ4v) is 2.23. The van der Waals surface area contributed by atoms with E-state index in [1.807, 2.05) is 0 Å². The number of aromatic nitrogens is 4. The van der Waals surface area contributed by atoms with E-state index >= 15 is 0 Å². The van der Waals surface area contributed by atoms with Gasteiger partial charge < -0.3 is 9.84 Å². The first-order valence-electron chi connectivity index (χ1n) is 6.09. The van der Waals surface area contributed by atoms with E-state index in [0.717, 1.165) is 25.9 Å². The summed E-state index contributed by atoms with van der Waals surface area (Å²) in [4.78, 5) is 12.6. The highest BCUT2D eigenvalue weighted by Crippen LogP contribution is 2.30. The largest absolute Gasteiger partial charge is 0.338 e. The molecule has 0 saturated carbocycles. The third-order valence-electron chi connectivity index (χ3n) is 3.33. The van der Waals surface area contributed by atoms with Crippen molar-refractivity contribution in [2.45, 2.75) is 25.2 Å². The van der Waals surface area contributed by atoms with Gasteiger partial charge in [-0.2, -0.15) is 4.98 Å². The van der Waals surface area contributed by atoms with Crippen molar-refractivity contribution < 1.29 is 4.52 Å². The van der Waals surface area contributed by atoms with Crippen LogP contribution in [0.3, 0.4) is 0 Å². The summed E-state index contributed by atoms with van der Waals surface area (Å²) in [7, 11) is 0. The van der Waals surface area contributed by atoms with Crippen LogP contribution in [-0.4, -0.2) is 33.2 Å². The molecule has 0 bridgehead atoms. The Kier molecular flexibility index (Phi) is 2.79. The van der Waals surface area contributed by atoms with Crippen LogP contribution in [0.25, 0.3) is 11.5 Å². The molecule has 1 aliphatic rings. The Balaban J connectivity index is 1.89. The highest BCUT2D eigenvalue weighted by molar-refractivity contribution is 5.45. The van der Waals surface area contributed by atoms with Gasteiger partial charge >= 0.3 is 0 Å². The lowest BCUT2D eigenvalue weighted by Gasteiger charge is -2.30. The maximum Gasteiger partial charge on any atom is 0.234 e. The van der Waals surface area contributed by atoms with Crippen molar-refractivity contribution in [3.63, 3.8) is 0 Å². The molecule has 1 N–H and O–H groups in total. The predicted molar refractivity (Wildman–Crippen MR) is 64.8 cm³/mol. The third kappa shape index (κ3) is 1.99. The molecule has 3 rings (SSSR count). The normalized spacial score (nSPS) is 24.1. The molecular weight excluding hydrogens is 230 g/mol. The fourth-order valence-electron chi connectivity index (χ4n) is 2.23. The van der Waals surface area contributed by atoms with Crippen LogP contribution in [0.5, 0.6) is 0 Å². The van der Waals surface area contributed by atoms with Crippen molar-refractivity contribution in [3.8, 4) is 11.5 Å². The van der Waals surface area contributed by atoms with Crippen LogP contribution >= 0.6 is 0 Å². The maximum absolute atomic E-state index is 5.39. The molecule has 2 aromatic heterocycles. The van der Waals surface area contributed by atoms with Gasteiger partial charge in [-0.05, 0) is 26.3 Å². The SMILES string of the molecule is CC1(c2nc(-c3cnccn3)no2)CCCNC1. The number of nitrogens with one attached hydrogen (secondary N) is 1. The van der Waals surface area contributed by atoms with Gasteiger partial charge in [0.25, 0.3) is 0 Å². The molecule has 3 heterocycles. The summed E-state index contributed by atoms with van der Waals surface area (Å²) < 4.78 is 5.39. The predicted octanol–water partition coefficient (Wildman–Crippen LogP) is 1.17. The zero-order valence-corrected chi connectivity index (χ0v) is 10.3. The Morgan fingerprint density at radius 3 is 3.06 bits per heavy atom. The average molecular weight is 245 g/mol. The lowest BCUT2D eigenvalue weighted by molar-refractivity contribution is 0.245. The van der Waals surface area contributed by atoms with Crippen molar-refractivity contribution in [2.75, 3.05) is 13.1 Å². The molecule has 94 valence electrons. The summed E-state index contributed by atoms with van der Waals surface area (Å²) in [6.07, 6.45) is 7.06. The Labute approximate surface area is 105 Å². The van der Waals surface area contributed by atoms with Crippen LogP contribution in [0, 0.1) is 0 Å². The van der Waals surface area contributed by atoms with Gasteiger partial charge in [0.2, 0.25) is 11.7 Å². The molecular formula is C12H15N5O. The summed E-state index contributed by atoms with van der Waals surface area (Å²) in [6.45, 7) is 4.07. The minimum absolute atomic E-state index is 0.0777. The number of rotatable bonds is 2. The van der Waals surface area contributed by atoms with E-state index in [-0.39, 0.29) is 5.41 Å². The minimum atomic E-state index is -0.0777. The molecule has 1 unspecified atom stereocenters. The second-order valence-corrected chi connectivity index (χ2v) is 4.85. The molecule has 0 amide bonds. The van der Waals surface area contributed by atoms with E-state index in [0.29, 0.717) is 17.4 Å². The zero-order valence-electron chi connectivity index (χ0n) is 10.3. The van der Waals surface area contributed by atoms with Crippen molar-refractivity contribution in [1.82, 2.24) is 25.4 Å². The van der Waals surface area contributed by atoms with Crippen molar-refractivity contribution in [2.24, 2.45) is 0 Å². The number of nitrogens with zero attached hydrogens (tertiary/aromatic N) is 4. The van der Waals surface area contributed by atoms with Gasteiger partial charge in [-0.15, -0.1) is 0 Å². The molecule has 0 aromatic carbocycles. The van der Waals surface area contributed by atoms with E-state index in [4.69, 9.17) is 4.52 Å². The van der Waals surface area contributed by atoms with Crippen molar-refractivity contribution in [3.05, 3.63) is 24.5 Å². The van der Waals surface area contributed by atoms with E-state index in [1.165, 1.54) is 0 Å². The first-order chi connectivity index (χ1) is 8.78. The topological polar surface area (TPSA) is 76.7 Å². The monoisotopic (exact) mass is 245 g/mol. The Bertz CT molecular complexity index is 518. The number of hydrogen-bond acceptors (Lipinski definition) is 6. The van der Waals surface area contributed by atoms with Crippen LogP contribution < -0.4 is 5.32 Å². The lowest BCUT2D eigenvalue weighted by atomic mass is 9.83. The Morgan fingerprint density at radius 1 is 1.39 bits per heavy atom. The molecule has 1 fully saturated rings. The molecule has 2 aromatic rings. The summed E-state index contributed by atoms with van der Waals surface area (Å²) in [5.74, 6) is 1.18. The maximum atomic E-state index is 5.39. The van der Waals surface area contributed by atoms with Crippen LogP contribution in [0.2, 0.25) is 0 Å². The molecule has 1 atom stereocenters. The molecule has 6 nitrogen and oxygen atoms in total. The fraction of sp³-hybridized carbons (Fsp3) is 0.500. The highest BCUT2D eigenvalue weighted by Gasteiger charge is 2.34. The van der Waals surface area contributed by atoms with Gasteiger partial charge in [0.1, 0.15) is 5.69 Å². The molecule has 18 heavy (non-hydrogen) atoms. The minimum Gasteiger partial charge on any atom is -0.338 e. The molecule has 0 spiro atoms. The highest BCUT2D eigenvalue weighted by atomic mass is 16.5. The van der Waals surface area contributed by atoms with Gasteiger partial charge in [0, 0.05) is 18.9 Å². The molecule has 0 radical (unpaired) electrons. The lowest BCUT2D eigenvalue weighted by Crippen LogP contribution is -2.41. The summed E-state index contributed by atoms with van der Waals surface area (Å²) in [6, 6.07) is 0. The van der Waals surface area contributed by atoms with Crippen molar-refractivity contribution in [1.29, 1.82) is 0 Å². The second kappa shape index (κ2) is 4.45. The molecule has 6 heteroatoms. The van der Waals surface area contributed by atoms with Crippen LogP contribution in [-0.2, 0) is 5.41 Å². The van der Waals surface area contributed by atoms with E-state index < -0.39 is 0 Å².